The third kappa shape index (κ3) is 39.5. The number of carbonyl (C=O) groups excluding carboxylic acids is 4. The molecule has 4 amide bonds. The predicted octanol–water partition coefficient (Wildman–Crippen LogP) is 2.66. The summed E-state index contributed by atoms with van der Waals surface area (Å²) in [6.45, 7) is 1.78. The van der Waals surface area contributed by atoms with Crippen LogP contribution < -0.4 is 27.0 Å². The summed E-state index contributed by atoms with van der Waals surface area (Å²) in [6.07, 6.45) is 17.0. The molecule has 19 nitrogen and oxygen atoms in total. The molecule has 0 aliphatic carbocycles. The maximum atomic E-state index is 12.3. The van der Waals surface area contributed by atoms with Gasteiger partial charge >= 0.3 is 17.9 Å². The van der Waals surface area contributed by atoms with Gasteiger partial charge < -0.3 is 61.3 Å². The van der Waals surface area contributed by atoms with Crippen molar-refractivity contribution in [3.63, 3.8) is 0 Å². The van der Waals surface area contributed by atoms with Crippen LogP contribution in [0.5, 0.6) is 0 Å². The molecule has 0 spiro atoms. The van der Waals surface area contributed by atoms with Crippen LogP contribution in [0.4, 0.5) is 0 Å². The number of unbranched alkanes of at least 4 members (excludes halogenated alkanes) is 14. The number of aliphatic carboxylic acids is 3. The topological polar surface area (TPSA) is 291 Å². The molecule has 0 radical (unpaired) electrons. The highest BCUT2D eigenvalue weighted by Crippen LogP contribution is 2.14. The Morgan fingerprint density at radius 1 is 0.417 bits per heavy atom. The second kappa shape index (κ2) is 40.5. The van der Waals surface area contributed by atoms with E-state index in [9.17, 15) is 38.7 Å². The first kappa shape index (κ1) is 56.1. The molecule has 9 N–H and O–H groups in total. The Bertz CT molecular complexity index is 1180. The average Bonchev–Trinajstić information content (AvgIpc) is 3.20. The van der Waals surface area contributed by atoms with E-state index in [4.69, 9.17) is 34.9 Å². The molecule has 0 aliphatic rings. The van der Waals surface area contributed by atoms with Gasteiger partial charge in [0.2, 0.25) is 23.6 Å². The third-order valence-corrected chi connectivity index (χ3v) is 9.27. The number of amides is 4. The van der Waals surface area contributed by atoms with Gasteiger partial charge in [0.25, 0.3) is 0 Å². The van der Waals surface area contributed by atoms with Crippen LogP contribution in [0.2, 0.25) is 0 Å². The fraction of sp³-hybridized carbons (Fsp3) is 0.829. The molecule has 348 valence electrons. The first-order chi connectivity index (χ1) is 28.9. The molecule has 0 heterocycles. The number of hydrogen-bond acceptors (Lipinski definition) is 12. The summed E-state index contributed by atoms with van der Waals surface area (Å²) in [4.78, 5) is 80.9. The number of nitrogens with one attached hydrogen (secondary N) is 4. The molecule has 0 bridgehead atoms. The van der Waals surface area contributed by atoms with Gasteiger partial charge in [-0.3, -0.25) is 28.8 Å². The molecule has 0 aromatic heterocycles. The summed E-state index contributed by atoms with van der Waals surface area (Å²) in [5.74, 6) is -4.27. The van der Waals surface area contributed by atoms with Gasteiger partial charge in [0, 0.05) is 38.9 Å². The molecular weight excluding hydrogens is 786 g/mol. The third-order valence-electron chi connectivity index (χ3n) is 9.27. The Labute approximate surface area is 355 Å². The van der Waals surface area contributed by atoms with E-state index >= 15 is 0 Å². The van der Waals surface area contributed by atoms with Crippen LogP contribution in [0.25, 0.3) is 0 Å². The van der Waals surface area contributed by atoms with E-state index in [1.54, 1.807) is 0 Å². The quantitative estimate of drug-likeness (QED) is 0.0409. The molecule has 0 saturated heterocycles. The fourth-order valence-electron chi connectivity index (χ4n) is 5.81. The first-order valence-corrected chi connectivity index (χ1v) is 21.8. The normalized spacial score (nSPS) is 12.0. The van der Waals surface area contributed by atoms with Gasteiger partial charge in [-0.05, 0) is 38.5 Å². The minimum atomic E-state index is -1.19. The van der Waals surface area contributed by atoms with Gasteiger partial charge in [-0.15, -0.1) is 0 Å². The van der Waals surface area contributed by atoms with Crippen LogP contribution in [-0.2, 0) is 52.5 Å². The van der Waals surface area contributed by atoms with E-state index in [1.807, 2.05) is 0 Å². The van der Waals surface area contributed by atoms with Crippen molar-refractivity contribution in [3.05, 3.63) is 0 Å². The number of carboxylic acid groups (broad SMARTS) is 3. The van der Waals surface area contributed by atoms with Crippen molar-refractivity contribution in [2.75, 3.05) is 72.5 Å². The smallest absolute Gasteiger partial charge is 0.326 e. The minimum absolute atomic E-state index is 0.0318. The molecule has 0 aromatic rings. The Morgan fingerprint density at radius 3 is 1.32 bits per heavy atom. The van der Waals surface area contributed by atoms with E-state index < -0.39 is 30.0 Å². The van der Waals surface area contributed by atoms with Crippen molar-refractivity contribution in [2.45, 2.75) is 147 Å². The Hall–Kier alpha value is -3.91. The summed E-state index contributed by atoms with van der Waals surface area (Å²) >= 11 is 0. The molecule has 0 aromatic carbocycles. The molecule has 1 unspecified atom stereocenters. The maximum absolute atomic E-state index is 12.3. The summed E-state index contributed by atoms with van der Waals surface area (Å²) in [5.41, 5.74) is 5.42. The largest absolute Gasteiger partial charge is 0.481 e. The van der Waals surface area contributed by atoms with Gasteiger partial charge in [0.1, 0.15) is 25.3 Å². The van der Waals surface area contributed by atoms with Crippen molar-refractivity contribution in [2.24, 2.45) is 5.73 Å². The van der Waals surface area contributed by atoms with Crippen molar-refractivity contribution in [1.82, 2.24) is 21.3 Å². The number of ether oxygens (including phenoxy) is 4. The minimum Gasteiger partial charge on any atom is -0.481 e. The maximum Gasteiger partial charge on any atom is 0.326 e. The highest BCUT2D eigenvalue weighted by Gasteiger charge is 2.21. The number of carbonyl (C=O) groups is 7. The monoisotopic (exact) mass is 862 g/mol. The second-order valence-electron chi connectivity index (χ2n) is 14.7. The van der Waals surface area contributed by atoms with E-state index in [-0.39, 0.29) is 115 Å². The van der Waals surface area contributed by atoms with Crippen LogP contribution >= 0.6 is 0 Å². The summed E-state index contributed by atoms with van der Waals surface area (Å²) < 4.78 is 21.2. The van der Waals surface area contributed by atoms with E-state index in [1.165, 1.54) is 38.5 Å². The lowest BCUT2D eigenvalue weighted by Gasteiger charge is -2.14. The number of rotatable bonds is 44. The Kier molecular flexibility index (Phi) is 37.9. The van der Waals surface area contributed by atoms with Gasteiger partial charge in [0.05, 0.1) is 39.6 Å². The number of carboxylic acids is 3. The van der Waals surface area contributed by atoms with Gasteiger partial charge in [-0.2, -0.15) is 0 Å². The Morgan fingerprint density at radius 2 is 0.850 bits per heavy atom. The molecule has 0 rings (SSSR count). The average molecular weight is 862 g/mol. The van der Waals surface area contributed by atoms with Crippen molar-refractivity contribution >= 4 is 41.5 Å². The lowest BCUT2D eigenvalue weighted by atomic mass is 10.0. The lowest BCUT2D eigenvalue weighted by molar-refractivity contribution is -0.142. The second-order valence-corrected chi connectivity index (χ2v) is 14.7. The van der Waals surface area contributed by atoms with Crippen LogP contribution in [-0.4, -0.2) is 141 Å². The standard InChI is InChI=1S/C41H75N5O14/c42-33(40(53)54)17-15-16-22-43-37(49)31-59-29-28-58-26-24-45-38(50)32-60-30-27-57-25-23-44-35(47)21-20-34(41(55)56)46-36(48)18-13-11-9-7-5-3-1-2-4-6-8-10-12-14-19-39(51)52/h33-34H,1-32,42H2,(H,43,49)(H,44,47)(H,45,50)(H,46,48)(H,51,52)(H,53,54)(H,55,56)/t33-,34?/m0/s1. The van der Waals surface area contributed by atoms with Crippen LogP contribution in [0.1, 0.15) is 135 Å². The zero-order valence-electron chi connectivity index (χ0n) is 35.7. The molecule has 0 fully saturated rings. The predicted molar refractivity (Wildman–Crippen MR) is 222 cm³/mol. The fourth-order valence-corrected chi connectivity index (χ4v) is 5.81. The molecule has 0 saturated carbocycles. The summed E-state index contributed by atoms with van der Waals surface area (Å²) in [6, 6.07) is -2.04. The zero-order chi connectivity index (χ0) is 44.5. The first-order valence-electron chi connectivity index (χ1n) is 21.8. The van der Waals surface area contributed by atoms with Crippen molar-refractivity contribution in [3.8, 4) is 0 Å². The van der Waals surface area contributed by atoms with Crippen molar-refractivity contribution < 1.29 is 67.8 Å². The lowest BCUT2D eigenvalue weighted by Crippen LogP contribution is -2.41. The molecule has 0 aliphatic heterocycles. The molecule has 60 heavy (non-hydrogen) atoms. The summed E-state index contributed by atoms with van der Waals surface area (Å²) in [5, 5.41) is 37.4. The highest BCUT2D eigenvalue weighted by molar-refractivity contribution is 5.84. The van der Waals surface area contributed by atoms with E-state index in [2.05, 4.69) is 21.3 Å². The van der Waals surface area contributed by atoms with Crippen molar-refractivity contribution in [1.29, 1.82) is 0 Å². The number of nitrogens with two attached hydrogens (primary N) is 1. The zero-order valence-corrected chi connectivity index (χ0v) is 35.7. The van der Waals surface area contributed by atoms with Gasteiger partial charge in [-0.25, -0.2) is 4.79 Å². The van der Waals surface area contributed by atoms with Crippen LogP contribution in [0, 0.1) is 0 Å². The van der Waals surface area contributed by atoms with Crippen LogP contribution in [0.3, 0.4) is 0 Å². The van der Waals surface area contributed by atoms with Crippen LogP contribution in [0.15, 0.2) is 0 Å². The number of hydrogen-bond donors (Lipinski definition) is 8. The SMILES string of the molecule is N[C@@H](CCCCNC(=O)COCCOCCNC(=O)COCCOCCNC(=O)CCC(NC(=O)CCCCCCCCCCCCCCCCC(=O)O)C(=O)O)C(=O)O. The molecule has 2 atom stereocenters. The Balaban J connectivity index is 3.65. The van der Waals surface area contributed by atoms with Gasteiger partial charge in [0.15, 0.2) is 0 Å². The summed E-state index contributed by atoms with van der Waals surface area (Å²) in [7, 11) is 0. The van der Waals surface area contributed by atoms with E-state index in [0.29, 0.717) is 32.2 Å². The van der Waals surface area contributed by atoms with E-state index in [0.717, 1.165) is 44.9 Å². The van der Waals surface area contributed by atoms with Gasteiger partial charge in [-0.1, -0.05) is 77.0 Å². The highest BCUT2D eigenvalue weighted by atomic mass is 16.5. The molecular formula is C41H75N5O14. The molecule has 19 heteroatoms.